The van der Waals surface area contributed by atoms with Crippen LogP contribution in [0, 0.1) is 11.8 Å². The van der Waals surface area contributed by atoms with E-state index in [0.717, 1.165) is 0 Å². The van der Waals surface area contributed by atoms with E-state index in [1.807, 2.05) is 19.0 Å². The van der Waals surface area contributed by atoms with E-state index in [9.17, 15) is 14.4 Å². The van der Waals surface area contributed by atoms with Gasteiger partial charge in [0.1, 0.15) is 0 Å². The molecule has 1 saturated carbocycles. The van der Waals surface area contributed by atoms with Crippen molar-refractivity contribution in [2.75, 3.05) is 46.8 Å². The van der Waals surface area contributed by atoms with Gasteiger partial charge in [0.15, 0.2) is 0 Å². The van der Waals surface area contributed by atoms with Crippen LogP contribution >= 0.6 is 0 Å². The highest BCUT2D eigenvalue weighted by Crippen LogP contribution is 2.40. The molecule has 1 N–H and O–H groups in total. The van der Waals surface area contributed by atoms with Crippen LogP contribution in [0.4, 0.5) is 0 Å². The van der Waals surface area contributed by atoms with Crippen molar-refractivity contribution < 1.29 is 19.5 Å². The van der Waals surface area contributed by atoms with Gasteiger partial charge in [-0.2, -0.15) is 0 Å². The van der Waals surface area contributed by atoms with Crippen LogP contribution < -0.4 is 0 Å². The zero-order chi connectivity index (χ0) is 14.9. The summed E-state index contributed by atoms with van der Waals surface area (Å²) in [7, 11) is 3.69. The molecule has 20 heavy (non-hydrogen) atoms. The van der Waals surface area contributed by atoms with Crippen LogP contribution in [0.3, 0.4) is 0 Å². The second-order valence-electron chi connectivity index (χ2n) is 5.73. The van der Waals surface area contributed by atoms with Gasteiger partial charge in [0, 0.05) is 26.2 Å². The number of hydrogen-bond donors (Lipinski definition) is 1. The number of likely N-dealkylation sites (N-methyl/N-ethyl adjacent to an activating group) is 1. The zero-order valence-electron chi connectivity index (χ0n) is 11.9. The van der Waals surface area contributed by atoms with Crippen LogP contribution in [0.25, 0.3) is 0 Å². The molecule has 0 aromatic heterocycles. The van der Waals surface area contributed by atoms with Crippen LogP contribution in [0.15, 0.2) is 0 Å². The van der Waals surface area contributed by atoms with Crippen molar-refractivity contribution in [1.82, 2.24) is 14.7 Å². The molecule has 2 rings (SSSR count). The molecule has 7 heteroatoms. The van der Waals surface area contributed by atoms with Gasteiger partial charge in [0.2, 0.25) is 11.8 Å². The lowest BCUT2D eigenvalue weighted by molar-refractivity contribution is -0.143. The number of carboxylic acid groups (broad SMARTS) is 1. The summed E-state index contributed by atoms with van der Waals surface area (Å²) >= 11 is 0. The number of carbonyl (C=O) groups is 3. The number of carbonyl (C=O) groups excluding carboxylic acids is 2. The second kappa shape index (κ2) is 5.78. The number of nitrogens with zero attached hydrogens (tertiary/aromatic N) is 3. The third kappa shape index (κ3) is 3.27. The first-order chi connectivity index (χ1) is 9.40. The molecule has 1 saturated heterocycles. The highest BCUT2D eigenvalue weighted by molar-refractivity contribution is 5.89. The van der Waals surface area contributed by atoms with Crippen LogP contribution in [0.5, 0.6) is 0 Å². The lowest BCUT2D eigenvalue weighted by atomic mass is 10.2. The zero-order valence-corrected chi connectivity index (χ0v) is 11.9. The van der Waals surface area contributed by atoms with Crippen molar-refractivity contribution in [2.45, 2.75) is 6.42 Å². The molecule has 0 spiro atoms. The minimum Gasteiger partial charge on any atom is -0.481 e. The molecule has 2 fully saturated rings. The van der Waals surface area contributed by atoms with Crippen molar-refractivity contribution >= 4 is 17.8 Å². The molecule has 1 aliphatic heterocycles. The number of carboxylic acids is 1. The third-order valence-corrected chi connectivity index (χ3v) is 3.82. The topological polar surface area (TPSA) is 81.2 Å². The molecule has 112 valence electrons. The molecule has 0 radical (unpaired) electrons. The predicted octanol–water partition coefficient (Wildman–Crippen LogP) is -1.06. The number of rotatable bonds is 4. The first-order valence-corrected chi connectivity index (χ1v) is 6.84. The summed E-state index contributed by atoms with van der Waals surface area (Å²) in [6.45, 7) is 2.44. The fourth-order valence-corrected chi connectivity index (χ4v) is 2.52. The normalized spacial score (nSPS) is 25.8. The van der Waals surface area contributed by atoms with Gasteiger partial charge < -0.3 is 19.8 Å². The first-order valence-electron chi connectivity index (χ1n) is 6.84. The number of hydrogen-bond acceptors (Lipinski definition) is 4. The third-order valence-electron chi connectivity index (χ3n) is 3.82. The maximum atomic E-state index is 12.1. The maximum absolute atomic E-state index is 12.1. The Morgan fingerprint density at radius 2 is 1.60 bits per heavy atom. The lowest BCUT2D eigenvalue weighted by Gasteiger charge is -2.35. The maximum Gasteiger partial charge on any atom is 0.307 e. The summed E-state index contributed by atoms with van der Waals surface area (Å²) < 4.78 is 0. The van der Waals surface area contributed by atoms with Crippen molar-refractivity contribution in [3.63, 3.8) is 0 Å². The Labute approximate surface area is 118 Å². The largest absolute Gasteiger partial charge is 0.481 e. The Morgan fingerprint density at radius 3 is 2.05 bits per heavy atom. The number of amides is 2. The average Bonchev–Trinajstić information content (AvgIpc) is 3.17. The quantitative estimate of drug-likeness (QED) is 0.711. The summed E-state index contributed by atoms with van der Waals surface area (Å²) in [6, 6.07) is 0. The fraction of sp³-hybridized carbons (Fsp3) is 0.769. The van der Waals surface area contributed by atoms with Gasteiger partial charge in [-0.15, -0.1) is 0 Å². The second-order valence-corrected chi connectivity index (χ2v) is 5.73. The Balaban J connectivity index is 1.78. The van der Waals surface area contributed by atoms with Crippen LogP contribution in [0.2, 0.25) is 0 Å². The van der Waals surface area contributed by atoms with Crippen molar-refractivity contribution in [3.05, 3.63) is 0 Å². The van der Waals surface area contributed by atoms with Crippen LogP contribution in [-0.2, 0) is 14.4 Å². The van der Waals surface area contributed by atoms with Gasteiger partial charge in [-0.1, -0.05) is 0 Å². The predicted molar refractivity (Wildman–Crippen MR) is 70.9 cm³/mol. The SMILES string of the molecule is CN(C)CC(=O)N1CCN(C(=O)C2CC2C(=O)O)CC1. The van der Waals surface area contributed by atoms with Gasteiger partial charge in [-0.25, -0.2) is 0 Å². The van der Waals surface area contributed by atoms with E-state index in [0.29, 0.717) is 39.1 Å². The summed E-state index contributed by atoms with van der Waals surface area (Å²) in [5.74, 6) is -1.75. The molecular formula is C13H21N3O4. The standard InChI is InChI=1S/C13H21N3O4/c1-14(2)8-11(17)15-3-5-16(6-4-15)12(18)9-7-10(9)13(19)20/h9-10H,3-8H2,1-2H3,(H,19,20). The minimum absolute atomic E-state index is 0.0666. The Hall–Kier alpha value is -1.63. The van der Waals surface area contributed by atoms with Gasteiger partial charge in [0.05, 0.1) is 18.4 Å². The van der Waals surface area contributed by atoms with E-state index >= 15 is 0 Å². The molecular weight excluding hydrogens is 262 g/mol. The molecule has 0 aromatic carbocycles. The molecule has 1 heterocycles. The molecule has 2 unspecified atom stereocenters. The lowest BCUT2D eigenvalue weighted by Crippen LogP contribution is -2.52. The summed E-state index contributed by atoms with van der Waals surface area (Å²) in [5.41, 5.74) is 0. The molecule has 0 bridgehead atoms. The summed E-state index contributed by atoms with van der Waals surface area (Å²) in [5, 5.41) is 8.84. The van der Waals surface area contributed by atoms with Gasteiger partial charge >= 0.3 is 5.97 Å². The Bertz CT molecular complexity index is 416. The van der Waals surface area contributed by atoms with Crippen molar-refractivity contribution in [2.24, 2.45) is 11.8 Å². The molecule has 2 atom stereocenters. The van der Waals surface area contributed by atoms with E-state index in [2.05, 4.69) is 0 Å². The average molecular weight is 283 g/mol. The van der Waals surface area contributed by atoms with Crippen LogP contribution in [-0.4, -0.2) is 84.4 Å². The molecule has 1 aliphatic carbocycles. The van der Waals surface area contributed by atoms with Crippen LogP contribution in [0.1, 0.15) is 6.42 Å². The van der Waals surface area contributed by atoms with E-state index in [-0.39, 0.29) is 17.7 Å². The van der Waals surface area contributed by atoms with Gasteiger partial charge in [-0.05, 0) is 20.5 Å². The smallest absolute Gasteiger partial charge is 0.307 e. The molecule has 2 amide bonds. The van der Waals surface area contributed by atoms with Crippen molar-refractivity contribution in [1.29, 1.82) is 0 Å². The fourth-order valence-electron chi connectivity index (χ4n) is 2.52. The highest BCUT2D eigenvalue weighted by Gasteiger charge is 2.50. The minimum atomic E-state index is -0.886. The molecule has 0 aromatic rings. The van der Waals surface area contributed by atoms with E-state index < -0.39 is 11.9 Å². The highest BCUT2D eigenvalue weighted by atomic mass is 16.4. The monoisotopic (exact) mass is 283 g/mol. The summed E-state index contributed by atoms with van der Waals surface area (Å²) in [4.78, 5) is 40.0. The summed E-state index contributed by atoms with van der Waals surface area (Å²) in [6.07, 6.45) is 0.452. The van der Waals surface area contributed by atoms with E-state index in [4.69, 9.17) is 5.11 Å². The Kier molecular flexibility index (Phi) is 4.27. The van der Waals surface area contributed by atoms with E-state index in [1.54, 1.807) is 9.80 Å². The van der Waals surface area contributed by atoms with Crippen molar-refractivity contribution in [3.8, 4) is 0 Å². The first kappa shape index (κ1) is 14.8. The van der Waals surface area contributed by atoms with E-state index in [1.165, 1.54) is 0 Å². The van der Waals surface area contributed by atoms with Gasteiger partial charge in [-0.3, -0.25) is 14.4 Å². The number of aliphatic carboxylic acids is 1. The molecule has 7 nitrogen and oxygen atoms in total. The van der Waals surface area contributed by atoms with Gasteiger partial charge in [0.25, 0.3) is 0 Å². The molecule has 2 aliphatic rings. The Morgan fingerprint density at radius 1 is 1.05 bits per heavy atom. The number of piperazine rings is 1.